The summed E-state index contributed by atoms with van der Waals surface area (Å²) in [5, 5.41) is 0. The molecule has 1 heterocycles. The van der Waals surface area contributed by atoms with Crippen molar-refractivity contribution in [1.82, 2.24) is 4.90 Å². The number of carbonyl (C=O) groups excluding carboxylic acids is 1. The average molecular weight is 299 g/mol. The molecule has 5 heteroatoms. The fourth-order valence-electron chi connectivity index (χ4n) is 2.63. The minimum Gasteiger partial charge on any atom is -0.303 e. The first-order chi connectivity index (χ1) is 9.86. The van der Waals surface area contributed by atoms with Crippen LogP contribution in [0.15, 0.2) is 24.3 Å². The molecule has 1 aliphatic heterocycles. The first kappa shape index (κ1) is 16.0. The van der Waals surface area contributed by atoms with Crippen LogP contribution >= 0.6 is 0 Å². The minimum atomic E-state index is -4.08. The molecule has 0 aromatic heterocycles. The fraction of sp³-hybridized carbons (Fsp3) is 0.562. The van der Waals surface area contributed by atoms with Gasteiger partial charge in [-0.05, 0) is 32.9 Å². The molecular formula is C16H20F3NO. The molecule has 1 saturated heterocycles. The van der Waals surface area contributed by atoms with Crippen molar-refractivity contribution in [1.29, 1.82) is 0 Å². The van der Waals surface area contributed by atoms with Crippen LogP contribution in [0.2, 0.25) is 0 Å². The van der Waals surface area contributed by atoms with Gasteiger partial charge in [0.05, 0.1) is 5.92 Å². The molecule has 0 N–H and O–H groups in total. The Bertz CT molecular complexity index is 473. The van der Waals surface area contributed by atoms with Crippen LogP contribution in [0.4, 0.5) is 13.2 Å². The van der Waals surface area contributed by atoms with Crippen molar-refractivity contribution in [3.8, 4) is 0 Å². The van der Waals surface area contributed by atoms with Gasteiger partial charge in [-0.2, -0.15) is 13.2 Å². The third-order valence-electron chi connectivity index (χ3n) is 4.08. The van der Waals surface area contributed by atoms with Crippen molar-refractivity contribution in [2.75, 3.05) is 19.6 Å². The maximum atomic E-state index is 12.6. The summed E-state index contributed by atoms with van der Waals surface area (Å²) in [5.74, 6) is -1.13. The van der Waals surface area contributed by atoms with Crippen LogP contribution in [-0.4, -0.2) is 36.5 Å². The average Bonchev–Trinajstić information content (AvgIpc) is 2.45. The Morgan fingerprint density at radius 1 is 1.19 bits per heavy atom. The van der Waals surface area contributed by atoms with E-state index in [0.29, 0.717) is 31.6 Å². The van der Waals surface area contributed by atoms with E-state index in [1.807, 2.05) is 24.0 Å². The van der Waals surface area contributed by atoms with E-state index in [1.165, 1.54) is 0 Å². The predicted molar refractivity (Wildman–Crippen MR) is 75.3 cm³/mol. The monoisotopic (exact) mass is 299 g/mol. The molecule has 0 atom stereocenters. The first-order valence-electron chi connectivity index (χ1n) is 7.25. The number of aryl methyl sites for hydroxylation is 1. The molecule has 116 valence electrons. The first-order valence-corrected chi connectivity index (χ1v) is 7.25. The molecule has 0 saturated carbocycles. The molecule has 0 radical (unpaired) electrons. The highest BCUT2D eigenvalue weighted by Gasteiger charge is 2.40. The number of benzene rings is 1. The van der Waals surface area contributed by atoms with Crippen molar-refractivity contribution in [3.05, 3.63) is 35.4 Å². The van der Waals surface area contributed by atoms with E-state index in [0.717, 1.165) is 5.56 Å². The second-order valence-corrected chi connectivity index (χ2v) is 5.70. The van der Waals surface area contributed by atoms with Gasteiger partial charge in [0.15, 0.2) is 5.78 Å². The van der Waals surface area contributed by atoms with E-state index < -0.39 is 12.1 Å². The van der Waals surface area contributed by atoms with E-state index in [2.05, 4.69) is 0 Å². The summed E-state index contributed by atoms with van der Waals surface area (Å²) in [6.07, 6.45) is -3.44. The molecule has 1 aromatic carbocycles. The maximum absolute atomic E-state index is 12.6. The third-order valence-corrected chi connectivity index (χ3v) is 4.08. The van der Waals surface area contributed by atoms with Gasteiger partial charge >= 0.3 is 6.18 Å². The zero-order valence-corrected chi connectivity index (χ0v) is 12.1. The smallest absolute Gasteiger partial charge is 0.303 e. The Balaban J connectivity index is 1.77. The number of hydrogen-bond acceptors (Lipinski definition) is 2. The summed E-state index contributed by atoms with van der Waals surface area (Å²) in [4.78, 5) is 14.0. The molecule has 0 amide bonds. The number of alkyl halides is 3. The molecule has 0 bridgehead atoms. The molecular weight excluding hydrogens is 279 g/mol. The number of nitrogens with zero attached hydrogens (tertiary/aromatic N) is 1. The van der Waals surface area contributed by atoms with Gasteiger partial charge in [-0.15, -0.1) is 0 Å². The maximum Gasteiger partial charge on any atom is 0.391 e. The lowest BCUT2D eigenvalue weighted by molar-refractivity contribution is -0.185. The molecule has 1 aromatic rings. The fourth-order valence-corrected chi connectivity index (χ4v) is 2.63. The van der Waals surface area contributed by atoms with Crippen LogP contribution < -0.4 is 0 Å². The molecule has 1 fully saturated rings. The lowest BCUT2D eigenvalue weighted by Crippen LogP contribution is -2.39. The Morgan fingerprint density at radius 2 is 1.76 bits per heavy atom. The summed E-state index contributed by atoms with van der Waals surface area (Å²) in [5.41, 5.74) is 1.77. The number of piperidine rings is 1. The van der Waals surface area contributed by atoms with Gasteiger partial charge in [-0.3, -0.25) is 4.79 Å². The highest BCUT2D eigenvalue weighted by atomic mass is 19.4. The zero-order valence-electron chi connectivity index (χ0n) is 12.1. The molecule has 2 nitrogen and oxygen atoms in total. The van der Waals surface area contributed by atoms with Crippen LogP contribution in [0.1, 0.15) is 35.2 Å². The summed E-state index contributed by atoms with van der Waals surface area (Å²) in [6, 6.07) is 7.38. The van der Waals surface area contributed by atoms with Crippen LogP contribution in [0.5, 0.6) is 0 Å². The number of carbonyl (C=O) groups is 1. The summed E-state index contributed by atoms with van der Waals surface area (Å²) in [6.45, 7) is 3.34. The molecule has 0 unspecified atom stereocenters. The van der Waals surface area contributed by atoms with Crippen LogP contribution in [-0.2, 0) is 0 Å². The Kier molecular flexibility index (Phi) is 5.04. The lowest BCUT2D eigenvalue weighted by Gasteiger charge is -2.32. The third kappa shape index (κ3) is 4.56. The van der Waals surface area contributed by atoms with Gasteiger partial charge in [0.1, 0.15) is 0 Å². The number of rotatable bonds is 4. The van der Waals surface area contributed by atoms with E-state index in [1.54, 1.807) is 12.1 Å². The quantitative estimate of drug-likeness (QED) is 0.787. The predicted octanol–water partition coefficient (Wildman–Crippen LogP) is 3.84. The molecule has 0 aliphatic carbocycles. The number of ketones is 1. The van der Waals surface area contributed by atoms with Crippen molar-refractivity contribution in [2.24, 2.45) is 5.92 Å². The summed E-state index contributed by atoms with van der Waals surface area (Å²) < 4.78 is 37.7. The second-order valence-electron chi connectivity index (χ2n) is 5.70. The van der Waals surface area contributed by atoms with Crippen LogP contribution in [0.25, 0.3) is 0 Å². The van der Waals surface area contributed by atoms with E-state index in [4.69, 9.17) is 0 Å². The zero-order chi connectivity index (χ0) is 15.5. The van der Waals surface area contributed by atoms with Gasteiger partial charge < -0.3 is 4.90 Å². The van der Waals surface area contributed by atoms with E-state index in [9.17, 15) is 18.0 Å². The normalized spacial score (nSPS) is 17.9. The Labute approximate surface area is 122 Å². The largest absolute Gasteiger partial charge is 0.391 e. The lowest BCUT2D eigenvalue weighted by atomic mass is 9.96. The topological polar surface area (TPSA) is 20.3 Å². The van der Waals surface area contributed by atoms with Crippen molar-refractivity contribution in [2.45, 2.75) is 32.4 Å². The van der Waals surface area contributed by atoms with Crippen molar-refractivity contribution >= 4 is 5.78 Å². The Morgan fingerprint density at radius 3 is 2.29 bits per heavy atom. The summed E-state index contributed by atoms with van der Waals surface area (Å²) in [7, 11) is 0. The standard InChI is InChI=1S/C16H20F3NO/c1-12-2-4-13(5-3-12)15(21)8-11-20-9-6-14(7-10-20)16(17,18)19/h2-5,14H,6-11H2,1H3. The number of halogens is 3. The SMILES string of the molecule is Cc1ccc(C(=O)CCN2CCC(C(F)(F)F)CC2)cc1. The van der Waals surface area contributed by atoms with Gasteiger partial charge in [-0.1, -0.05) is 29.8 Å². The molecule has 21 heavy (non-hydrogen) atoms. The highest BCUT2D eigenvalue weighted by molar-refractivity contribution is 5.96. The number of Topliss-reactive ketones (excluding diaryl/α,β-unsaturated/α-hetero) is 1. The van der Waals surface area contributed by atoms with E-state index in [-0.39, 0.29) is 18.6 Å². The molecule has 1 aliphatic rings. The minimum absolute atomic E-state index is 0.0490. The summed E-state index contributed by atoms with van der Waals surface area (Å²) >= 11 is 0. The Hall–Kier alpha value is -1.36. The van der Waals surface area contributed by atoms with Crippen molar-refractivity contribution < 1.29 is 18.0 Å². The van der Waals surface area contributed by atoms with Crippen molar-refractivity contribution in [3.63, 3.8) is 0 Å². The second kappa shape index (κ2) is 6.60. The van der Waals surface area contributed by atoms with E-state index >= 15 is 0 Å². The van der Waals surface area contributed by atoms with Crippen LogP contribution in [0.3, 0.4) is 0 Å². The van der Waals surface area contributed by atoms with Gasteiger partial charge in [0.2, 0.25) is 0 Å². The van der Waals surface area contributed by atoms with Crippen LogP contribution in [0, 0.1) is 12.8 Å². The highest BCUT2D eigenvalue weighted by Crippen LogP contribution is 2.34. The number of likely N-dealkylation sites (tertiary alicyclic amines) is 1. The van der Waals surface area contributed by atoms with Gasteiger partial charge in [-0.25, -0.2) is 0 Å². The molecule has 0 spiro atoms. The molecule has 2 rings (SSSR count). The van der Waals surface area contributed by atoms with Gasteiger partial charge in [0.25, 0.3) is 0 Å². The number of hydrogen-bond donors (Lipinski definition) is 0. The van der Waals surface area contributed by atoms with Gasteiger partial charge in [0, 0.05) is 18.5 Å².